The van der Waals surface area contributed by atoms with Gasteiger partial charge in [-0.2, -0.15) is 4.57 Å². The summed E-state index contributed by atoms with van der Waals surface area (Å²) in [5.74, 6) is 1.31. The van der Waals surface area contributed by atoms with Gasteiger partial charge in [0, 0.05) is 19.8 Å². The first kappa shape index (κ1) is 32.1. The van der Waals surface area contributed by atoms with Gasteiger partial charge in [-0.15, -0.1) is 0 Å². The van der Waals surface area contributed by atoms with Gasteiger partial charge < -0.3 is 43.1 Å². The maximum absolute atomic E-state index is 14.4. The fraction of sp³-hybridized carbons (Fsp3) is 0.400. The predicted octanol–water partition coefficient (Wildman–Crippen LogP) is 5.13. The first-order chi connectivity index (χ1) is 19.9. The number of benzene rings is 3. The van der Waals surface area contributed by atoms with Crippen molar-refractivity contribution < 1.29 is 47.7 Å². The van der Waals surface area contributed by atoms with Crippen molar-refractivity contribution in [3.8, 4) is 34.5 Å². The van der Waals surface area contributed by atoms with Gasteiger partial charge in [0.05, 0.1) is 21.3 Å². The van der Waals surface area contributed by atoms with Crippen molar-refractivity contribution in [1.82, 2.24) is 0 Å². The number of phosphoric acid groups is 1. The number of aliphatic hydroxyl groups is 3. The van der Waals surface area contributed by atoms with Crippen molar-refractivity contribution in [2.24, 2.45) is 0 Å². The molecule has 0 aliphatic rings. The summed E-state index contributed by atoms with van der Waals surface area (Å²) in [4.78, 5) is 0. The first-order valence-electron chi connectivity index (χ1n) is 13.4. The van der Waals surface area contributed by atoms with E-state index < -0.39 is 7.82 Å². The van der Waals surface area contributed by atoms with E-state index in [0.717, 1.165) is 16.7 Å². The lowest BCUT2D eigenvalue weighted by molar-refractivity contribution is 0.278. The lowest BCUT2D eigenvalue weighted by atomic mass is 10.1. The van der Waals surface area contributed by atoms with Crippen LogP contribution in [0, 0.1) is 0 Å². The van der Waals surface area contributed by atoms with Crippen LogP contribution in [0.1, 0.15) is 36.0 Å². The van der Waals surface area contributed by atoms with Crippen molar-refractivity contribution in [1.29, 1.82) is 0 Å². The molecule has 0 bridgehead atoms. The number of rotatable bonds is 18. The Morgan fingerprint density at radius 1 is 0.512 bits per heavy atom. The first-order valence-corrected chi connectivity index (χ1v) is 14.9. The molecule has 0 heterocycles. The molecule has 41 heavy (non-hydrogen) atoms. The van der Waals surface area contributed by atoms with Crippen molar-refractivity contribution in [2.75, 3.05) is 41.2 Å². The van der Waals surface area contributed by atoms with Crippen LogP contribution >= 0.6 is 7.82 Å². The van der Waals surface area contributed by atoms with E-state index in [1.165, 1.54) is 21.3 Å². The fourth-order valence-electron chi connectivity index (χ4n) is 4.10. The molecule has 0 aliphatic heterocycles. The van der Waals surface area contributed by atoms with E-state index in [9.17, 15) is 19.9 Å². The number of aryl methyl sites for hydroxylation is 3. The number of aliphatic hydroxyl groups excluding tert-OH is 3. The summed E-state index contributed by atoms with van der Waals surface area (Å²) in [7, 11) is -0.0786. The second-order valence-corrected chi connectivity index (χ2v) is 10.6. The summed E-state index contributed by atoms with van der Waals surface area (Å²) in [6, 6.07) is 15.4. The normalized spacial score (nSPS) is 11.2. The van der Waals surface area contributed by atoms with E-state index in [2.05, 4.69) is 0 Å². The second-order valence-electron chi connectivity index (χ2n) is 9.16. The molecule has 3 N–H and O–H groups in total. The van der Waals surface area contributed by atoms with Gasteiger partial charge in [-0.25, -0.2) is 0 Å². The molecule has 0 aliphatic carbocycles. The van der Waals surface area contributed by atoms with Crippen LogP contribution in [0.15, 0.2) is 54.6 Å². The summed E-state index contributed by atoms with van der Waals surface area (Å²) < 4.78 is 48.7. The van der Waals surface area contributed by atoms with Crippen LogP contribution < -0.4 is 27.8 Å². The van der Waals surface area contributed by atoms with Crippen molar-refractivity contribution >= 4 is 7.82 Å². The average Bonchev–Trinajstić information content (AvgIpc) is 2.99. The van der Waals surface area contributed by atoms with Gasteiger partial charge in [0.15, 0.2) is 34.5 Å². The van der Waals surface area contributed by atoms with Crippen LogP contribution in [0.5, 0.6) is 34.5 Å². The van der Waals surface area contributed by atoms with E-state index >= 15 is 0 Å². The third-order valence-electron chi connectivity index (χ3n) is 6.19. The molecule has 10 nitrogen and oxygen atoms in total. The number of ether oxygens (including phenoxy) is 3. The van der Waals surface area contributed by atoms with Crippen molar-refractivity contribution in [2.45, 2.75) is 38.5 Å². The summed E-state index contributed by atoms with van der Waals surface area (Å²) in [5.41, 5.74) is 2.71. The Labute approximate surface area is 241 Å². The molecule has 0 atom stereocenters. The third-order valence-corrected chi connectivity index (χ3v) is 7.45. The molecule has 3 rings (SSSR count). The monoisotopic (exact) mass is 590 g/mol. The Kier molecular flexibility index (Phi) is 12.6. The van der Waals surface area contributed by atoms with E-state index in [-0.39, 0.29) is 37.1 Å². The van der Waals surface area contributed by atoms with Gasteiger partial charge in [-0.1, -0.05) is 18.2 Å². The molecule has 11 heteroatoms. The zero-order valence-corrected chi connectivity index (χ0v) is 24.6. The molecular weight excluding hydrogens is 551 g/mol. The molecule has 0 unspecified atom stereocenters. The van der Waals surface area contributed by atoms with Crippen LogP contribution in [0.4, 0.5) is 0 Å². The van der Waals surface area contributed by atoms with E-state index in [4.69, 9.17) is 27.8 Å². The standard InChI is InChI=1S/C30H39O10P/c1-35-28-19-22(7-4-16-31)10-13-25(28)38-41(34,39-26-14-11-23(8-5-17-32)20-29(26)36-2)40-27-15-12-24(9-6-18-33)21-30(27)37-3/h10-15,19-21,31-33H,4-9,16-18H2,1-3H3. The molecule has 0 saturated heterocycles. The van der Waals surface area contributed by atoms with Gasteiger partial charge in [-0.3, -0.25) is 0 Å². The van der Waals surface area contributed by atoms with E-state index in [1.54, 1.807) is 54.6 Å². The molecule has 0 radical (unpaired) electrons. The smallest absolute Gasteiger partial charge is 0.493 e. The van der Waals surface area contributed by atoms with E-state index in [0.29, 0.717) is 55.8 Å². The van der Waals surface area contributed by atoms with Crippen LogP contribution in [0.2, 0.25) is 0 Å². The Balaban J connectivity index is 2.01. The lowest BCUT2D eigenvalue weighted by Crippen LogP contribution is -2.10. The van der Waals surface area contributed by atoms with Gasteiger partial charge in [0.1, 0.15) is 0 Å². The molecule has 0 aromatic heterocycles. The van der Waals surface area contributed by atoms with Gasteiger partial charge >= 0.3 is 7.82 Å². The Hall–Kier alpha value is -3.43. The molecule has 0 amide bonds. The summed E-state index contributed by atoms with van der Waals surface area (Å²) in [5, 5.41) is 27.5. The molecule has 224 valence electrons. The summed E-state index contributed by atoms with van der Waals surface area (Å²) in [6.45, 7) is 0.163. The van der Waals surface area contributed by atoms with Gasteiger partial charge in [-0.05, 0) is 91.6 Å². The predicted molar refractivity (Wildman–Crippen MR) is 155 cm³/mol. The SMILES string of the molecule is COc1cc(CCCO)ccc1OP(=O)(Oc1ccc(CCCO)cc1OC)Oc1ccc(CCCO)cc1OC. The summed E-state index contributed by atoms with van der Waals surface area (Å²) >= 11 is 0. The highest BCUT2D eigenvalue weighted by Crippen LogP contribution is 2.54. The topological polar surface area (TPSA) is 133 Å². The number of hydrogen-bond donors (Lipinski definition) is 3. The quantitative estimate of drug-likeness (QED) is 0.171. The number of methoxy groups -OCH3 is 3. The Morgan fingerprint density at radius 2 is 0.805 bits per heavy atom. The molecular formula is C30H39O10P. The van der Waals surface area contributed by atoms with Crippen molar-refractivity contribution in [3.05, 3.63) is 71.3 Å². The minimum atomic E-state index is -4.47. The van der Waals surface area contributed by atoms with Gasteiger partial charge in [0.25, 0.3) is 0 Å². The van der Waals surface area contributed by atoms with E-state index in [1.807, 2.05) is 0 Å². The zero-order chi connectivity index (χ0) is 29.7. The zero-order valence-electron chi connectivity index (χ0n) is 23.7. The highest BCUT2D eigenvalue weighted by Gasteiger charge is 2.36. The fourth-order valence-corrected chi connectivity index (χ4v) is 5.38. The van der Waals surface area contributed by atoms with Crippen LogP contribution in [-0.2, 0) is 23.8 Å². The highest BCUT2D eigenvalue weighted by molar-refractivity contribution is 7.49. The maximum Gasteiger partial charge on any atom is 0.647 e. The number of phosphoric ester groups is 1. The highest BCUT2D eigenvalue weighted by atomic mass is 31.2. The van der Waals surface area contributed by atoms with Crippen molar-refractivity contribution in [3.63, 3.8) is 0 Å². The molecule has 0 spiro atoms. The molecule has 3 aromatic rings. The maximum atomic E-state index is 14.4. The molecule has 3 aromatic carbocycles. The van der Waals surface area contributed by atoms with Crippen LogP contribution in [0.3, 0.4) is 0 Å². The van der Waals surface area contributed by atoms with Gasteiger partial charge in [0.2, 0.25) is 0 Å². The van der Waals surface area contributed by atoms with Crippen LogP contribution in [-0.4, -0.2) is 56.5 Å². The molecule has 0 fully saturated rings. The largest absolute Gasteiger partial charge is 0.647 e. The molecule has 0 saturated carbocycles. The second kappa shape index (κ2) is 16.1. The third kappa shape index (κ3) is 9.30. The average molecular weight is 591 g/mol. The number of hydrogen-bond acceptors (Lipinski definition) is 10. The Morgan fingerprint density at radius 3 is 1.05 bits per heavy atom. The summed E-state index contributed by atoms with van der Waals surface area (Å²) in [6.07, 6.45) is 3.61. The lowest BCUT2D eigenvalue weighted by Gasteiger charge is -2.23. The minimum Gasteiger partial charge on any atom is -0.493 e. The van der Waals surface area contributed by atoms with Crippen LogP contribution in [0.25, 0.3) is 0 Å². The Bertz CT molecular complexity index is 1140. The minimum absolute atomic E-state index is 0.0543.